The number of Topliss-reactive ketones (excluding diaryl/α,β-unsaturated/α-hetero) is 1. The fraction of sp³-hybridized carbons (Fsp3) is 0.176. The first kappa shape index (κ1) is 14.8. The normalized spacial score (nSPS) is 10.0. The van der Waals surface area contributed by atoms with Gasteiger partial charge in [-0.3, -0.25) is 4.79 Å². The molecule has 4 nitrogen and oxygen atoms in total. The summed E-state index contributed by atoms with van der Waals surface area (Å²) in [6.07, 6.45) is 0. The molecule has 4 heteroatoms. The van der Waals surface area contributed by atoms with Gasteiger partial charge in [0.1, 0.15) is 17.9 Å². The van der Waals surface area contributed by atoms with Gasteiger partial charge in [0.15, 0.2) is 5.78 Å². The average Bonchev–Trinajstić information content (AvgIpc) is 2.52. The van der Waals surface area contributed by atoms with E-state index < -0.39 is 5.97 Å². The molecule has 0 saturated carbocycles. The quantitative estimate of drug-likeness (QED) is 0.624. The van der Waals surface area contributed by atoms with Crippen molar-refractivity contribution in [1.82, 2.24) is 0 Å². The van der Waals surface area contributed by atoms with Crippen LogP contribution >= 0.6 is 0 Å². The van der Waals surface area contributed by atoms with Crippen molar-refractivity contribution in [1.29, 1.82) is 0 Å². The summed E-state index contributed by atoms with van der Waals surface area (Å²) in [5, 5.41) is 0. The van der Waals surface area contributed by atoms with Crippen molar-refractivity contribution in [3.63, 3.8) is 0 Å². The summed E-state index contributed by atoms with van der Waals surface area (Å²) in [5.41, 5.74) is 1.69. The van der Waals surface area contributed by atoms with Crippen molar-refractivity contribution in [3.8, 4) is 5.75 Å². The second-order valence-electron chi connectivity index (χ2n) is 4.53. The van der Waals surface area contributed by atoms with Gasteiger partial charge in [-0.25, -0.2) is 4.79 Å². The zero-order valence-corrected chi connectivity index (χ0v) is 12.0. The average molecular weight is 284 g/mol. The van der Waals surface area contributed by atoms with E-state index in [1.165, 1.54) is 20.1 Å². The third-order valence-corrected chi connectivity index (χ3v) is 3.03. The van der Waals surface area contributed by atoms with Gasteiger partial charge in [0.2, 0.25) is 0 Å². The van der Waals surface area contributed by atoms with Crippen LogP contribution in [0.2, 0.25) is 0 Å². The lowest BCUT2D eigenvalue weighted by atomic mass is 10.1. The van der Waals surface area contributed by atoms with Crippen molar-refractivity contribution < 1.29 is 19.1 Å². The highest BCUT2D eigenvalue weighted by atomic mass is 16.5. The molecular weight excluding hydrogens is 268 g/mol. The molecule has 0 aliphatic rings. The molecule has 0 fully saturated rings. The van der Waals surface area contributed by atoms with E-state index in [0.717, 1.165) is 5.56 Å². The topological polar surface area (TPSA) is 52.6 Å². The van der Waals surface area contributed by atoms with Gasteiger partial charge in [0, 0.05) is 5.56 Å². The number of benzene rings is 2. The Morgan fingerprint density at radius 1 is 1.05 bits per heavy atom. The number of rotatable bonds is 5. The van der Waals surface area contributed by atoms with E-state index in [0.29, 0.717) is 17.9 Å². The zero-order valence-electron chi connectivity index (χ0n) is 12.0. The van der Waals surface area contributed by atoms with Gasteiger partial charge in [0.05, 0.1) is 7.11 Å². The largest absolute Gasteiger partial charge is 0.488 e. The lowest BCUT2D eigenvalue weighted by molar-refractivity contribution is 0.0595. The number of hydrogen-bond donors (Lipinski definition) is 0. The second kappa shape index (κ2) is 6.70. The molecule has 0 spiro atoms. The van der Waals surface area contributed by atoms with Crippen LogP contribution in [0.25, 0.3) is 0 Å². The monoisotopic (exact) mass is 284 g/mol. The maximum atomic E-state index is 11.8. The Hall–Kier alpha value is -2.62. The Morgan fingerprint density at radius 3 is 2.38 bits per heavy atom. The summed E-state index contributed by atoms with van der Waals surface area (Å²) < 4.78 is 10.4. The number of methoxy groups -OCH3 is 1. The molecule has 0 atom stereocenters. The molecule has 0 aliphatic carbocycles. The molecule has 0 bridgehead atoms. The van der Waals surface area contributed by atoms with E-state index in [9.17, 15) is 9.59 Å². The third-order valence-electron chi connectivity index (χ3n) is 3.03. The van der Waals surface area contributed by atoms with Crippen LogP contribution in [0.3, 0.4) is 0 Å². The molecule has 0 N–H and O–H groups in total. The first-order chi connectivity index (χ1) is 10.1. The van der Waals surface area contributed by atoms with Crippen molar-refractivity contribution in [2.24, 2.45) is 0 Å². The van der Waals surface area contributed by atoms with Crippen molar-refractivity contribution in [2.75, 3.05) is 7.11 Å². The first-order valence-electron chi connectivity index (χ1n) is 6.52. The number of esters is 1. The first-order valence-corrected chi connectivity index (χ1v) is 6.52. The van der Waals surface area contributed by atoms with E-state index in [1.807, 2.05) is 30.3 Å². The summed E-state index contributed by atoms with van der Waals surface area (Å²) >= 11 is 0. The van der Waals surface area contributed by atoms with Gasteiger partial charge in [-0.05, 0) is 30.7 Å². The summed E-state index contributed by atoms with van der Waals surface area (Å²) in [6, 6.07) is 14.4. The lowest BCUT2D eigenvalue weighted by Crippen LogP contribution is -2.07. The minimum Gasteiger partial charge on any atom is -0.488 e. The Balaban J connectivity index is 2.25. The van der Waals surface area contributed by atoms with Crippen LogP contribution in [0.15, 0.2) is 48.5 Å². The molecule has 21 heavy (non-hydrogen) atoms. The standard InChI is InChI=1S/C17H16O4/c1-12(18)14-8-9-16(15(10-14)17(19)20-2)21-11-13-6-4-3-5-7-13/h3-10H,11H2,1-2H3. The van der Waals surface area contributed by atoms with Crippen LogP contribution in [-0.2, 0) is 11.3 Å². The minimum atomic E-state index is -0.527. The van der Waals surface area contributed by atoms with Gasteiger partial charge in [0.25, 0.3) is 0 Å². The van der Waals surface area contributed by atoms with E-state index in [-0.39, 0.29) is 11.3 Å². The number of carbonyl (C=O) groups excluding carboxylic acids is 2. The Kier molecular flexibility index (Phi) is 4.72. The molecule has 108 valence electrons. The predicted molar refractivity (Wildman–Crippen MR) is 78.6 cm³/mol. The van der Waals surface area contributed by atoms with Crippen LogP contribution in [-0.4, -0.2) is 18.9 Å². The fourth-order valence-corrected chi connectivity index (χ4v) is 1.88. The molecule has 0 amide bonds. The maximum Gasteiger partial charge on any atom is 0.341 e. The second-order valence-corrected chi connectivity index (χ2v) is 4.53. The smallest absolute Gasteiger partial charge is 0.341 e. The number of hydrogen-bond acceptors (Lipinski definition) is 4. The van der Waals surface area contributed by atoms with Crippen LogP contribution in [0.5, 0.6) is 5.75 Å². The summed E-state index contributed by atoms with van der Waals surface area (Å²) in [7, 11) is 1.30. The SMILES string of the molecule is COC(=O)c1cc(C(C)=O)ccc1OCc1ccccc1. The molecule has 0 saturated heterocycles. The molecule has 0 heterocycles. The Labute approximate surface area is 123 Å². The Morgan fingerprint density at radius 2 is 1.76 bits per heavy atom. The van der Waals surface area contributed by atoms with Gasteiger partial charge in [-0.2, -0.15) is 0 Å². The molecule has 2 rings (SSSR count). The van der Waals surface area contributed by atoms with Crippen LogP contribution < -0.4 is 4.74 Å². The summed E-state index contributed by atoms with van der Waals surface area (Å²) in [4.78, 5) is 23.2. The van der Waals surface area contributed by atoms with Crippen LogP contribution in [0.4, 0.5) is 0 Å². The van der Waals surface area contributed by atoms with Gasteiger partial charge >= 0.3 is 5.97 Å². The van der Waals surface area contributed by atoms with Crippen LogP contribution in [0, 0.1) is 0 Å². The Bertz CT molecular complexity index is 647. The van der Waals surface area contributed by atoms with E-state index in [2.05, 4.69) is 0 Å². The maximum absolute atomic E-state index is 11.8. The third kappa shape index (κ3) is 3.69. The summed E-state index contributed by atoms with van der Waals surface area (Å²) in [5.74, 6) is -0.244. The molecule has 0 radical (unpaired) electrons. The fourth-order valence-electron chi connectivity index (χ4n) is 1.88. The van der Waals surface area contributed by atoms with Crippen LogP contribution in [0.1, 0.15) is 33.2 Å². The lowest BCUT2D eigenvalue weighted by Gasteiger charge is -2.11. The highest BCUT2D eigenvalue weighted by Crippen LogP contribution is 2.22. The molecule has 2 aromatic rings. The van der Waals surface area contributed by atoms with Gasteiger partial charge in [-0.1, -0.05) is 30.3 Å². The molecule has 0 aromatic heterocycles. The van der Waals surface area contributed by atoms with Gasteiger partial charge in [-0.15, -0.1) is 0 Å². The van der Waals surface area contributed by atoms with Gasteiger partial charge < -0.3 is 9.47 Å². The van der Waals surface area contributed by atoms with Crippen molar-refractivity contribution in [2.45, 2.75) is 13.5 Å². The highest BCUT2D eigenvalue weighted by molar-refractivity contribution is 5.99. The number of ether oxygens (including phenoxy) is 2. The van der Waals surface area contributed by atoms with E-state index in [1.54, 1.807) is 12.1 Å². The highest BCUT2D eigenvalue weighted by Gasteiger charge is 2.15. The predicted octanol–water partition coefficient (Wildman–Crippen LogP) is 3.25. The zero-order chi connectivity index (χ0) is 15.2. The molecular formula is C17H16O4. The van der Waals surface area contributed by atoms with E-state index in [4.69, 9.17) is 9.47 Å². The molecule has 2 aromatic carbocycles. The molecule has 0 aliphatic heterocycles. The van der Waals surface area contributed by atoms with E-state index >= 15 is 0 Å². The van der Waals surface area contributed by atoms with Crippen molar-refractivity contribution >= 4 is 11.8 Å². The minimum absolute atomic E-state index is 0.116. The van der Waals surface area contributed by atoms with Crippen molar-refractivity contribution in [3.05, 3.63) is 65.2 Å². The number of ketones is 1. The number of carbonyl (C=O) groups is 2. The molecule has 0 unspecified atom stereocenters. The summed E-state index contributed by atoms with van der Waals surface area (Å²) in [6.45, 7) is 1.78.